The Morgan fingerprint density at radius 3 is 3.05 bits per heavy atom. The molecule has 0 radical (unpaired) electrons. The fourth-order valence-electron chi connectivity index (χ4n) is 2.55. The van der Waals surface area contributed by atoms with Crippen LogP contribution in [0.1, 0.15) is 30.4 Å². The van der Waals surface area contributed by atoms with Crippen molar-refractivity contribution in [3.8, 4) is 0 Å². The number of nitrogens with zero attached hydrogens (tertiary/aromatic N) is 4. The summed E-state index contributed by atoms with van der Waals surface area (Å²) < 4.78 is 13.5. The molecule has 0 N–H and O–H groups in total. The number of rotatable bonds is 4. The van der Waals surface area contributed by atoms with Crippen molar-refractivity contribution in [3.63, 3.8) is 0 Å². The molecule has 1 aliphatic heterocycles. The standard InChI is InChI=1S/C14H20N4O2/c1-3-18-10-15-16-14(18)13-9-17(6-7-19-13)8-12-5-4-11(2)20-12/h4-5,10,13H,3,6-9H2,1-2H3/t13-/m1/s1. The van der Waals surface area contributed by atoms with E-state index in [0.717, 1.165) is 43.5 Å². The fourth-order valence-corrected chi connectivity index (χ4v) is 2.55. The third kappa shape index (κ3) is 2.76. The second kappa shape index (κ2) is 5.76. The van der Waals surface area contributed by atoms with E-state index >= 15 is 0 Å². The molecule has 3 rings (SSSR count). The first kappa shape index (κ1) is 13.3. The maximum atomic E-state index is 5.84. The minimum absolute atomic E-state index is 0.0118. The van der Waals surface area contributed by atoms with Gasteiger partial charge in [0.2, 0.25) is 0 Å². The first-order valence-corrected chi connectivity index (χ1v) is 7.03. The molecule has 2 aromatic rings. The maximum Gasteiger partial charge on any atom is 0.163 e. The van der Waals surface area contributed by atoms with Crippen LogP contribution in [0.25, 0.3) is 0 Å². The van der Waals surface area contributed by atoms with Crippen molar-refractivity contribution >= 4 is 0 Å². The average molecular weight is 276 g/mol. The fraction of sp³-hybridized carbons (Fsp3) is 0.571. The average Bonchev–Trinajstić information content (AvgIpc) is 3.08. The normalized spacial score (nSPS) is 20.4. The van der Waals surface area contributed by atoms with E-state index in [9.17, 15) is 0 Å². The van der Waals surface area contributed by atoms with E-state index in [1.165, 1.54) is 0 Å². The van der Waals surface area contributed by atoms with Gasteiger partial charge in [0.1, 0.15) is 24.0 Å². The van der Waals surface area contributed by atoms with Gasteiger partial charge in [-0.15, -0.1) is 10.2 Å². The Bertz CT molecular complexity index is 563. The minimum atomic E-state index is -0.0118. The highest BCUT2D eigenvalue weighted by atomic mass is 16.5. The lowest BCUT2D eigenvalue weighted by Gasteiger charge is -2.31. The highest BCUT2D eigenvalue weighted by Gasteiger charge is 2.26. The van der Waals surface area contributed by atoms with Gasteiger partial charge >= 0.3 is 0 Å². The van der Waals surface area contributed by atoms with E-state index in [0.29, 0.717) is 6.61 Å². The number of morpholine rings is 1. The van der Waals surface area contributed by atoms with Crippen molar-refractivity contribution in [3.05, 3.63) is 35.8 Å². The van der Waals surface area contributed by atoms with Crippen molar-refractivity contribution in [1.29, 1.82) is 0 Å². The van der Waals surface area contributed by atoms with Crippen LogP contribution in [0.2, 0.25) is 0 Å². The highest BCUT2D eigenvalue weighted by Crippen LogP contribution is 2.22. The van der Waals surface area contributed by atoms with Crippen LogP contribution in [-0.4, -0.2) is 39.4 Å². The second-order valence-electron chi connectivity index (χ2n) is 5.08. The maximum absolute atomic E-state index is 5.84. The molecule has 0 amide bonds. The Kier molecular flexibility index (Phi) is 3.84. The molecule has 3 heterocycles. The predicted molar refractivity (Wildman–Crippen MR) is 73.1 cm³/mol. The van der Waals surface area contributed by atoms with Crippen molar-refractivity contribution in [2.75, 3.05) is 19.7 Å². The lowest BCUT2D eigenvalue weighted by Crippen LogP contribution is -2.38. The lowest BCUT2D eigenvalue weighted by atomic mass is 10.2. The summed E-state index contributed by atoms with van der Waals surface area (Å²) in [6, 6.07) is 4.04. The van der Waals surface area contributed by atoms with Crippen LogP contribution in [0.15, 0.2) is 22.9 Å². The summed E-state index contributed by atoms with van der Waals surface area (Å²) in [7, 11) is 0. The van der Waals surface area contributed by atoms with Gasteiger partial charge in [-0.05, 0) is 26.0 Å². The third-order valence-electron chi connectivity index (χ3n) is 3.60. The zero-order valence-corrected chi connectivity index (χ0v) is 12.0. The summed E-state index contributed by atoms with van der Waals surface area (Å²) in [6.45, 7) is 8.16. The third-order valence-corrected chi connectivity index (χ3v) is 3.60. The van der Waals surface area contributed by atoms with Crippen LogP contribution in [0, 0.1) is 6.92 Å². The molecule has 0 aliphatic carbocycles. The summed E-state index contributed by atoms with van der Waals surface area (Å²) in [5.74, 6) is 2.86. The monoisotopic (exact) mass is 276 g/mol. The van der Waals surface area contributed by atoms with Crippen LogP contribution < -0.4 is 0 Å². The molecule has 0 unspecified atom stereocenters. The first-order valence-electron chi connectivity index (χ1n) is 7.03. The number of hydrogen-bond donors (Lipinski definition) is 0. The van der Waals surface area contributed by atoms with Gasteiger partial charge in [0.25, 0.3) is 0 Å². The van der Waals surface area contributed by atoms with E-state index in [4.69, 9.17) is 9.15 Å². The summed E-state index contributed by atoms with van der Waals surface area (Å²) in [5, 5.41) is 8.17. The topological polar surface area (TPSA) is 56.3 Å². The number of furan rings is 1. The number of hydrogen-bond acceptors (Lipinski definition) is 5. The number of ether oxygens (including phenoxy) is 1. The molecule has 2 aromatic heterocycles. The van der Waals surface area contributed by atoms with Gasteiger partial charge in [0.15, 0.2) is 5.82 Å². The molecule has 0 bridgehead atoms. The predicted octanol–water partition coefficient (Wildman–Crippen LogP) is 1.77. The minimum Gasteiger partial charge on any atom is -0.465 e. The molecular formula is C14H20N4O2. The van der Waals surface area contributed by atoms with Crippen LogP contribution in [0.5, 0.6) is 0 Å². The molecule has 1 fully saturated rings. The smallest absolute Gasteiger partial charge is 0.163 e. The van der Waals surface area contributed by atoms with Crippen LogP contribution in [0.4, 0.5) is 0 Å². The van der Waals surface area contributed by atoms with Crippen molar-refractivity contribution in [2.24, 2.45) is 0 Å². The van der Waals surface area contributed by atoms with Gasteiger partial charge in [-0.1, -0.05) is 0 Å². The lowest BCUT2D eigenvalue weighted by molar-refractivity contribution is -0.0405. The molecule has 20 heavy (non-hydrogen) atoms. The van der Waals surface area contributed by atoms with Gasteiger partial charge in [0.05, 0.1) is 13.2 Å². The van der Waals surface area contributed by atoms with Gasteiger partial charge in [-0.3, -0.25) is 4.90 Å². The quantitative estimate of drug-likeness (QED) is 0.852. The van der Waals surface area contributed by atoms with Crippen LogP contribution in [-0.2, 0) is 17.8 Å². The summed E-state index contributed by atoms with van der Waals surface area (Å²) >= 11 is 0. The van der Waals surface area contributed by atoms with Crippen molar-refractivity contribution in [1.82, 2.24) is 19.7 Å². The Morgan fingerprint density at radius 2 is 2.30 bits per heavy atom. The summed E-state index contributed by atoms with van der Waals surface area (Å²) in [6.07, 6.45) is 1.75. The van der Waals surface area contributed by atoms with Gasteiger partial charge < -0.3 is 13.7 Å². The molecule has 108 valence electrons. The molecular weight excluding hydrogens is 256 g/mol. The Morgan fingerprint density at radius 1 is 1.40 bits per heavy atom. The van der Waals surface area contributed by atoms with Gasteiger partial charge in [-0.25, -0.2) is 0 Å². The SMILES string of the molecule is CCn1cnnc1[C@H]1CN(Cc2ccc(C)o2)CCO1. The Hall–Kier alpha value is -1.66. The van der Waals surface area contributed by atoms with Gasteiger partial charge in [0, 0.05) is 19.6 Å². The zero-order chi connectivity index (χ0) is 13.9. The largest absolute Gasteiger partial charge is 0.465 e. The summed E-state index contributed by atoms with van der Waals surface area (Å²) in [5.41, 5.74) is 0. The highest BCUT2D eigenvalue weighted by molar-refractivity contribution is 5.06. The van der Waals surface area contributed by atoms with Crippen molar-refractivity contribution < 1.29 is 9.15 Å². The van der Waals surface area contributed by atoms with E-state index < -0.39 is 0 Å². The molecule has 1 atom stereocenters. The van der Waals surface area contributed by atoms with E-state index in [2.05, 4.69) is 22.0 Å². The molecule has 0 saturated carbocycles. The molecule has 6 heteroatoms. The molecule has 1 aliphatic rings. The second-order valence-corrected chi connectivity index (χ2v) is 5.08. The van der Waals surface area contributed by atoms with Crippen LogP contribution in [0.3, 0.4) is 0 Å². The first-order chi connectivity index (χ1) is 9.76. The van der Waals surface area contributed by atoms with Crippen LogP contribution >= 0.6 is 0 Å². The number of aryl methyl sites for hydroxylation is 2. The van der Waals surface area contributed by atoms with Crippen molar-refractivity contribution in [2.45, 2.75) is 33.0 Å². The Labute approximate surface area is 118 Å². The van der Waals surface area contributed by atoms with E-state index in [1.54, 1.807) is 6.33 Å². The molecule has 0 aromatic carbocycles. The van der Waals surface area contributed by atoms with E-state index in [-0.39, 0.29) is 6.10 Å². The number of aromatic nitrogens is 3. The summed E-state index contributed by atoms with van der Waals surface area (Å²) in [4.78, 5) is 2.33. The molecule has 6 nitrogen and oxygen atoms in total. The molecule has 1 saturated heterocycles. The van der Waals surface area contributed by atoms with E-state index in [1.807, 2.05) is 23.6 Å². The Balaban J connectivity index is 1.67. The zero-order valence-electron chi connectivity index (χ0n) is 12.0. The molecule has 0 spiro atoms. The van der Waals surface area contributed by atoms with Gasteiger partial charge in [-0.2, -0.15) is 0 Å².